The first-order valence-corrected chi connectivity index (χ1v) is 7.82. The van der Waals surface area contributed by atoms with Gasteiger partial charge in [0.05, 0.1) is 6.61 Å². The van der Waals surface area contributed by atoms with Crippen LogP contribution < -0.4 is 14.8 Å². The van der Waals surface area contributed by atoms with E-state index < -0.39 is 0 Å². The number of aliphatic hydroxyl groups excluding tert-OH is 1. The van der Waals surface area contributed by atoms with Crippen LogP contribution >= 0.6 is 11.8 Å². The van der Waals surface area contributed by atoms with E-state index >= 15 is 0 Å². The molecule has 106 valence electrons. The van der Waals surface area contributed by atoms with E-state index in [2.05, 4.69) is 24.4 Å². The summed E-state index contributed by atoms with van der Waals surface area (Å²) in [4.78, 5) is 0. The number of hydrogen-bond acceptors (Lipinski definition) is 5. The molecule has 0 saturated carbocycles. The van der Waals surface area contributed by atoms with Crippen LogP contribution in [0, 0.1) is 0 Å². The van der Waals surface area contributed by atoms with E-state index in [1.54, 1.807) is 11.8 Å². The van der Waals surface area contributed by atoms with Gasteiger partial charge < -0.3 is 19.9 Å². The van der Waals surface area contributed by atoms with E-state index in [0.29, 0.717) is 6.79 Å². The van der Waals surface area contributed by atoms with Gasteiger partial charge in [-0.15, -0.1) is 0 Å². The van der Waals surface area contributed by atoms with Crippen molar-refractivity contribution in [2.75, 3.05) is 31.5 Å². The van der Waals surface area contributed by atoms with Gasteiger partial charge in [-0.05, 0) is 30.7 Å². The summed E-state index contributed by atoms with van der Waals surface area (Å²) in [7, 11) is 0. The van der Waals surface area contributed by atoms with Gasteiger partial charge >= 0.3 is 0 Å². The molecule has 1 aliphatic heterocycles. The molecule has 0 aliphatic carbocycles. The predicted molar refractivity (Wildman–Crippen MR) is 78.0 cm³/mol. The standard InChI is InChI=1S/C14H21NO3S/c1-2-5-15-12(9-19-7-6-16)11-3-4-13-14(8-11)18-10-17-13/h3-4,8,12,15-16H,2,5-7,9-10H2,1H3. The Morgan fingerprint density at radius 3 is 3.00 bits per heavy atom. The fraction of sp³-hybridized carbons (Fsp3) is 0.571. The van der Waals surface area contributed by atoms with Crippen molar-refractivity contribution in [1.82, 2.24) is 5.32 Å². The van der Waals surface area contributed by atoms with Crippen molar-refractivity contribution in [3.63, 3.8) is 0 Å². The van der Waals surface area contributed by atoms with Crippen molar-refractivity contribution in [2.45, 2.75) is 19.4 Å². The van der Waals surface area contributed by atoms with E-state index in [1.807, 2.05) is 6.07 Å². The van der Waals surface area contributed by atoms with Crippen molar-refractivity contribution in [3.05, 3.63) is 23.8 Å². The van der Waals surface area contributed by atoms with Crippen molar-refractivity contribution in [3.8, 4) is 11.5 Å². The lowest BCUT2D eigenvalue weighted by molar-refractivity contribution is 0.174. The number of fused-ring (bicyclic) bond motifs is 1. The van der Waals surface area contributed by atoms with Crippen LogP contribution in [-0.2, 0) is 0 Å². The van der Waals surface area contributed by atoms with Gasteiger partial charge in [0.1, 0.15) is 0 Å². The minimum absolute atomic E-state index is 0.228. The zero-order chi connectivity index (χ0) is 13.5. The molecular weight excluding hydrogens is 262 g/mol. The molecule has 0 bridgehead atoms. The Morgan fingerprint density at radius 2 is 2.21 bits per heavy atom. The maximum Gasteiger partial charge on any atom is 0.231 e. The fourth-order valence-electron chi connectivity index (χ4n) is 1.99. The highest BCUT2D eigenvalue weighted by Crippen LogP contribution is 2.34. The molecule has 0 fully saturated rings. The first kappa shape index (κ1) is 14.5. The van der Waals surface area contributed by atoms with E-state index in [-0.39, 0.29) is 12.6 Å². The average Bonchev–Trinajstić information content (AvgIpc) is 2.90. The van der Waals surface area contributed by atoms with Crippen LogP contribution in [0.2, 0.25) is 0 Å². The van der Waals surface area contributed by atoms with E-state index in [1.165, 1.54) is 5.56 Å². The number of aliphatic hydroxyl groups is 1. The molecule has 19 heavy (non-hydrogen) atoms. The van der Waals surface area contributed by atoms with Crippen LogP contribution in [-0.4, -0.2) is 36.6 Å². The molecule has 1 aromatic carbocycles. The van der Waals surface area contributed by atoms with Crippen LogP contribution in [0.25, 0.3) is 0 Å². The van der Waals surface area contributed by atoms with E-state index in [4.69, 9.17) is 14.6 Å². The van der Waals surface area contributed by atoms with Crippen LogP contribution in [0.3, 0.4) is 0 Å². The molecule has 5 heteroatoms. The Morgan fingerprint density at radius 1 is 1.37 bits per heavy atom. The first-order valence-electron chi connectivity index (χ1n) is 6.66. The largest absolute Gasteiger partial charge is 0.454 e. The lowest BCUT2D eigenvalue weighted by Crippen LogP contribution is -2.24. The van der Waals surface area contributed by atoms with Gasteiger partial charge in [0.2, 0.25) is 6.79 Å². The maximum atomic E-state index is 8.87. The second kappa shape index (κ2) is 7.62. The van der Waals surface area contributed by atoms with Gasteiger partial charge in [-0.25, -0.2) is 0 Å². The molecule has 4 nitrogen and oxygen atoms in total. The normalized spacial score (nSPS) is 14.6. The third-order valence-corrected chi connectivity index (χ3v) is 4.00. The second-order valence-electron chi connectivity index (χ2n) is 4.42. The van der Waals surface area contributed by atoms with Crippen LogP contribution in [0.5, 0.6) is 11.5 Å². The molecule has 0 saturated heterocycles. The van der Waals surface area contributed by atoms with Gasteiger partial charge in [-0.2, -0.15) is 11.8 Å². The van der Waals surface area contributed by atoms with Crippen molar-refractivity contribution < 1.29 is 14.6 Å². The molecule has 0 amide bonds. The van der Waals surface area contributed by atoms with Crippen molar-refractivity contribution >= 4 is 11.8 Å². The minimum Gasteiger partial charge on any atom is -0.454 e. The molecule has 0 spiro atoms. The van der Waals surface area contributed by atoms with Gasteiger partial charge in [0.25, 0.3) is 0 Å². The quantitative estimate of drug-likeness (QED) is 0.716. The molecule has 1 aromatic rings. The zero-order valence-corrected chi connectivity index (χ0v) is 12.0. The third kappa shape index (κ3) is 4.03. The lowest BCUT2D eigenvalue weighted by Gasteiger charge is -2.19. The molecule has 1 unspecified atom stereocenters. The number of nitrogens with one attached hydrogen (secondary N) is 1. The van der Waals surface area contributed by atoms with Gasteiger partial charge in [0.15, 0.2) is 11.5 Å². The molecule has 0 aromatic heterocycles. The van der Waals surface area contributed by atoms with Gasteiger partial charge in [-0.1, -0.05) is 13.0 Å². The molecule has 0 radical (unpaired) electrons. The SMILES string of the molecule is CCCNC(CSCCO)c1ccc2c(c1)OCO2. The number of benzene rings is 1. The molecule has 1 aliphatic rings. The summed E-state index contributed by atoms with van der Waals surface area (Å²) in [5.41, 5.74) is 1.21. The summed E-state index contributed by atoms with van der Waals surface area (Å²) in [6.45, 7) is 3.68. The number of rotatable bonds is 8. The summed E-state index contributed by atoms with van der Waals surface area (Å²) in [5.74, 6) is 3.36. The highest BCUT2D eigenvalue weighted by molar-refractivity contribution is 7.99. The summed E-state index contributed by atoms with van der Waals surface area (Å²) in [6.07, 6.45) is 1.10. The average molecular weight is 283 g/mol. The van der Waals surface area contributed by atoms with Gasteiger partial charge in [0, 0.05) is 17.5 Å². The lowest BCUT2D eigenvalue weighted by atomic mass is 10.1. The number of ether oxygens (including phenoxy) is 2. The van der Waals surface area contributed by atoms with Crippen LogP contribution in [0.1, 0.15) is 24.9 Å². The molecule has 2 rings (SSSR count). The Labute approximate surface area is 118 Å². The minimum atomic E-state index is 0.228. The van der Waals surface area contributed by atoms with Crippen LogP contribution in [0.4, 0.5) is 0 Å². The summed E-state index contributed by atoms with van der Waals surface area (Å²) >= 11 is 1.76. The third-order valence-electron chi connectivity index (χ3n) is 2.96. The van der Waals surface area contributed by atoms with E-state index in [9.17, 15) is 0 Å². The number of thioether (sulfide) groups is 1. The Kier molecular flexibility index (Phi) is 5.82. The molecule has 1 atom stereocenters. The Hall–Kier alpha value is -0.910. The smallest absolute Gasteiger partial charge is 0.231 e. The number of hydrogen-bond donors (Lipinski definition) is 2. The summed E-state index contributed by atoms with van der Waals surface area (Å²) in [5, 5.41) is 12.4. The second-order valence-corrected chi connectivity index (χ2v) is 5.57. The fourth-order valence-corrected chi connectivity index (χ4v) is 2.83. The highest BCUT2D eigenvalue weighted by Gasteiger charge is 2.17. The Bertz CT molecular complexity index is 400. The van der Waals surface area contributed by atoms with Crippen LogP contribution in [0.15, 0.2) is 18.2 Å². The summed E-state index contributed by atoms with van der Waals surface area (Å²) in [6, 6.07) is 6.39. The maximum absolute atomic E-state index is 8.87. The molecule has 2 N–H and O–H groups in total. The highest BCUT2D eigenvalue weighted by atomic mass is 32.2. The first-order chi connectivity index (χ1) is 9.35. The summed E-state index contributed by atoms with van der Waals surface area (Å²) < 4.78 is 10.8. The molecular formula is C14H21NO3S. The molecule has 1 heterocycles. The zero-order valence-electron chi connectivity index (χ0n) is 11.2. The van der Waals surface area contributed by atoms with Gasteiger partial charge in [-0.3, -0.25) is 0 Å². The monoisotopic (exact) mass is 283 g/mol. The topological polar surface area (TPSA) is 50.7 Å². The van der Waals surface area contributed by atoms with Crippen molar-refractivity contribution in [2.24, 2.45) is 0 Å². The van der Waals surface area contributed by atoms with Crippen molar-refractivity contribution in [1.29, 1.82) is 0 Å². The Balaban J connectivity index is 2.03. The predicted octanol–water partition coefficient (Wildman–Crippen LogP) is 2.18. The van der Waals surface area contributed by atoms with E-state index in [0.717, 1.165) is 36.0 Å².